The van der Waals surface area contributed by atoms with Crippen molar-refractivity contribution in [2.45, 2.75) is 0 Å². The zero-order valence-corrected chi connectivity index (χ0v) is 5.86. The fraction of sp³-hybridized carbons (Fsp3) is 0. The van der Waals surface area contributed by atoms with E-state index < -0.39 is 10.4 Å². The third kappa shape index (κ3) is 216. The van der Waals surface area contributed by atoms with E-state index in [4.69, 9.17) is 17.5 Å². The molecule has 0 bridgehead atoms. The van der Waals surface area contributed by atoms with Gasteiger partial charge >= 0.3 is 19.8 Å². The molecule has 6 heteroatoms. The molecule has 0 aromatic heterocycles. The molecule has 0 saturated heterocycles. The van der Waals surface area contributed by atoms with Crippen LogP contribution in [0.4, 0.5) is 0 Å². The van der Waals surface area contributed by atoms with Crippen LogP contribution in [0.15, 0.2) is 0 Å². The first-order valence-electron chi connectivity index (χ1n) is 0.667. The predicted octanol–water partition coefficient (Wildman–Crippen LogP) is -1.72. The van der Waals surface area contributed by atoms with Gasteiger partial charge in [0.1, 0.15) is 0 Å². The maximum atomic E-state index is 8.52. The first-order chi connectivity index (χ1) is 2.00. The fourth-order valence-electron chi connectivity index (χ4n) is 0. The molecule has 0 aliphatic rings. The molecule has 0 amide bonds. The molecule has 0 radical (unpaired) electrons. The molecule has 0 heterocycles. The summed E-state index contributed by atoms with van der Waals surface area (Å²) in [4.78, 5) is 0. The second-order valence-corrected chi connectivity index (χ2v) is 1.22. The van der Waals surface area contributed by atoms with Crippen molar-refractivity contribution in [3.63, 3.8) is 0 Å². The van der Waals surface area contributed by atoms with E-state index in [1.54, 1.807) is 0 Å². The molecular formula is GaO4S+. The number of rotatable bonds is 0. The monoisotopic (exact) mass is 165 g/mol. The molecule has 32 valence electrons. The van der Waals surface area contributed by atoms with Gasteiger partial charge in [-0.25, -0.2) is 0 Å². The smallest absolute Gasteiger partial charge is 0.759 e. The Labute approximate surface area is 48.2 Å². The van der Waals surface area contributed by atoms with Crippen LogP contribution in [0.1, 0.15) is 0 Å². The summed E-state index contributed by atoms with van der Waals surface area (Å²) in [6, 6.07) is 0. The van der Waals surface area contributed by atoms with Crippen molar-refractivity contribution >= 4 is 30.2 Å². The van der Waals surface area contributed by atoms with E-state index in [1.807, 2.05) is 0 Å². The molecule has 0 rings (SSSR count). The largest absolute Gasteiger partial charge is 3.00 e. The Kier molecular flexibility index (Phi) is 4.28. The van der Waals surface area contributed by atoms with Gasteiger partial charge in [0.15, 0.2) is 0 Å². The summed E-state index contributed by atoms with van der Waals surface area (Å²) in [5.41, 5.74) is 0. The Hall–Kier alpha value is 0.506. The average Bonchev–Trinajstić information content (AvgIpc) is 0.722. The summed E-state index contributed by atoms with van der Waals surface area (Å²) < 4.78 is 34.1. The minimum atomic E-state index is -5.17. The summed E-state index contributed by atoms with van der Waals surface area (Å²) in [7, 11) is -5.17. The SMILES string of the molecule is O=S(=O)([O-])[O-].[Ga+3]. The van der Waals surface area contributed by atoms with Gasteiger partial charge in [0.2, 0.25) is 0 Å². The second-order valence-electron chi connectivity index (χ2n) is 0.408. The summed E-state index contributed by atoms with van der Waals surface area (Å²) in [5, 5.41) is 0. The number of hydrogen-bond acceptors (Lipinski definition) is 4. The van der Waals surface area contributed by atoms with E-state index in [0.717, 1.165) is 0 Å². The van der Waals surface area contributed by atoms with Gasteiger partial charge in [0.25, 0.3) is 0 Å². The van der Waals surface area contributed by atoms with Gasteiger partial charge in [-0.3, -0.25) is 8.42 Å². The quantitative estimate of drug-likeness (QED) is 0.243. The van der Waals surface area contributed by atoms with E-state index >= 15 is 0 Å². The van der Waals surface area contributed by atoms with Crippen molar-refractivity contribution in [1.82, 2.24) is 0 Å². The standard InChI is InChI=1S/Ga.H2O4S/c;1-5(2,3)4/h;(H2,1,2,3,4)/q+3;/p-2. The molecule has 0 fully saturated rings. The van der Waals surface area contributed by atoms with E-state index in [9.17, 15) is 0 Å². The third-order valence-electron chi connectivity index (χ3n) is 0. The zero-order chi connectivity index (χ0) is 4.50. The molecule has 0 aromatic carbocycles. The Morgan fingerprint density at radius 1 is 1.17 bits per heavy atom. The maximum Gasteiger partial charge on any atom is 3.00 e. The summed E-state index contributed by atoms with van der Waals surface area (Å²) in [5.74, 6) is 0. The van der Waals surface area contributed by atoms with Crippen LogP contribution in [0.2, 0.25) is 0 Å². The van der Waals surface area contributed by atoms with Crippen LogP contribution in [-0.4, -0.2) is 37.3 Å². The van der Waals surface area contributed by atoms with Crippen LogP contribution in [0.25, 0.3) is 0 Å². The first kappa shape index (κ1) is 9.71. The molecule has 0 N–H and O–H groups in total. The summed E-state index contributed by atoms with van der Waals surface area (Å²) >= 11 is 0. The van der Waals surface area contributed by atoms with Gasteiger partial charge in [-0.05, 0) is 0 Å². The molecular weight excluding hydrogens is 166 g/mol. The minimum absolute atomic E-state index is 0. The van der Waals surface area contributed by atoms with Crippen molar-refractivity contribution in [1.29, 1.82) is 0 Å². The topological polar surface area (TPSA) is 80.3 Å². The van der Waals surface area contributed by atoms with E-state index in [-0.39, 0.29) is 19.8 Å². The molecule has 0 unspecified atom stereocenters. The Morgan fingerprint density at radius 2 is 1.17 bits per heavy atom. The molecule has 0 atom stereocenters. The normalized spacial score (nSPS) is 9.67. The third-order valence-corrected chi connectivity index (χ3v) is 0. The van der Waals surface area contributed by atoms with Crippen molar-refractivity contribution in [3.05, 3.63) is 0 Å². The Morgan fingerprint density at radius 3 is 1.17 bits per heavy atom. The summed E-state index contributed by atoms with van der Waals surface area (Å²) in [6.07, 6.45) is 0. The molecule has 6 heavy (non-hydrogen) atoms. The van der Waals surface area contributed by atoms with Gasteiger partial charge in [-0.2, -0.15) is 0 Å². The first-order valence-corrected chi connectivity index (χ1v) is 2.00. The van der Waals surface area contributed by atoms with Crippen LogP contribution < -0.4 is 0 Å². The molecule has 0 aromatic rings. The van der Waals surface area contributed by atoms with E-state index in [2.05, 4.69) is 0 Å². The van der Waals surface area contributed by atoms with Crippen LogP contribution in [-0.2, 0) is 10.4 Å². The van der Waals surface area contributed by atoms with Crippen molar-refractivity contribution < 1.29 is 17.5 Å². The second kappa shape index (κ2) is 2.64. The molecule has 4 nitrogen and oxygen atoms in total. The fourth-order valence-corrected chi connectivity index (χ4v) is 0. The molecule has 0 aliphatic heterocycles. The predicted molar refractivity (Wildman–Crippen MR) is 16.2 cm³/mol. The van der Waals surface area contributed by atoms with Gasteiger partial charge in [-0.15, -0.1) is 0 Å². The van der Waals surface area contributed by atoms with Crippen LogP contribution in [0.3, 0.4) is 0 Å². The van der Waals surface area contributed by atoms with Crippen molar-refractivity contribution in [3.8, 4) is 0 Å². The van der Waals surface area contributed by atoms with Crippen LogP contribution in [0.5, 0.6) is 0 Å². The van der Waals surface area contributed by atoms with Gasteiger partial charge in [-0.1, -0.05) is 0 Å². The zero-order valence-electron chi connectivity index (χ0n) is 2.62. The van der Waals surface area contributed by atoms with Crippen LogP contribution >= 0.6 is 0 Å². The Bertz CT molecular complexity index is 90.7. The number of hydrogen-bond donors (Lipinski definition) is 0. The minimum Gasteiger partial charge on any atom is -0.759 e. The van der Waals surface area contributed by atoms with E-state index in [0.29, 0.717) is 0 Å². The van der Waals surface area contributed by atoms with Gasteiger partial charge in [0, 0.05) is 10.4 Å². The molecule has 0 spiro atoms. The van der Waals surface area contributed by atoms with Crippen molar-refractivity contribution in [2.75, 3.05) is 0 Å². The Balaban J connectivity index is 0. The van der Waals surface area contributed by atoms with E-state index in [1.165, 1.54) is 0 Å². The van der Waals surface area contributed by atoms with Gasteiger partial charge < -0.3 is 9.11 Å². The molecule has 0 aliphatic carbocycles. The van der Waals surface area contributed by atoms with Crippen LogP contribution in [0, 0.1) is 0 Å². The van der Waals surface area contributed by atoms with Gasteiger partial charge in [0.05, 0.1) is 0 Å². The average molecular weight is 166 g/mol. The summed E-state index contributed by atoms with van der Waals surface area (Å²) in [6.45, 7) is 0. The molecule has 0 saturated carbocycles. The van der Waals surface area contributed by atoms with Crippen molar-refractivity contribution in [2.24, 2.45) is 0 Å². The maximum absolute atomic E-state index is 8.52.